The van der Waals surface area contributed by atoms with Crippen molar-refractivity contribution >= 4 is 49.5 Å². The number of aromatic nitrogens is 2. The van der Waals surface area contributed by atoms with Gasteiger partial charge in [0.15, 0.2) is 5.71 Å². The van der Waals surface area contributed by atoms with Crippen LogP contribution < -0.4 is 26.8 Å². The van der Waals surface area contributed by atoms with Crippen LogP contribution in [0.4, 0.5) is 5.69 Å². The van der Waals surface area contributed by atoms with Crippen molar-refractivity contribution < 1.29 is 40.3 Å². The van der Waals surface area contributed by atoms with Gasteiger partial charge in [-0.15, -0.1) is 0 Å². The molecule has 0 fully saturated rings. The number of hydrazone groups is 1. The second-order valence-corrected chi connectivity index (χ2v) is 11.0. The van der Waals surface area contributed by atoms with Gasteiger partial charge in [0.05, 0.1) is 26.7 Å². The number of primary amides is 1. The van der Waals surface area contributed by atoms with Gasteiger partial charge in [0.25, 0.3) is 37.6 Å². The number of nitrogens with two attached hydrogens (primary N) is 2. The smallest absolute Gasteiger partial charge is 0.294 e. The number of allylic oxidation sites excluding steroid dienone is 2. The van der Waals surface area contributed by atoms with E-state index >= 15 is 0 Å². The first-order chi connectivity index (χ1) is 19.2. The Morgan fingerprint density at radius 1 is 0.951 bits per heavy atom. The molecule has 18 heteroatoms. The highest BCUT2D eigenvalue weighted by Gasteiger charge is 2.34. The summed E-state index contributed by atoms with van der Waals surface area (Å²) in [5.74, 6) is -1.92. The van der Waals surface area contributed by atoms with Crippen LogP contribution in [0.3, 0.4) is 0 Å². The van der Waals surface area contributed by atoms with E-state index in [1.807, 2.05) is 0 Å². The molecule has 0 saturated heterocycles. The molecule has 0 unspecified atom stereocenters. The average molecular weight is 605 g/mol. The second kappa shape index (κ2) is 10.9. The van der Waals surface area contributed by atoms with Crippen LogP contribution in [-0.2, 0) is 29.8 Å². The number of nitrogens with zero attached hydrogens (tertiary/aromatic N) is 3. The maximum absolute atomic E-state index is 13.1. The van der Waals surface area contributed by atoms with Crippen LogP contribution in [0.15, 0.2) is 85.9 Å². The van der Waals surface area contributed by atoms with E-state index in [-0.39, 0.29) is 40.0 Å². The van der Waals surface area contributed by atoms with E-state index in [9.17, 15) is 31.2 Å². The molecule has 0 spiro atoms. The lowest BCUT2D eigenvalue weighted by Crippen LogP contribution is -2.25. The number of nitrogens with one attached hydrogen (secondary N) is 1. The highest BCUT2D eigenvalue weighted by Crippen LogP contribution is 2.25. The first-order valence-corrected chi connectivity index (χ1v) is 14.1. The molecule has 4 rings (SSSR count). The van der Waals surface area contributed by atoms with Gasteiger partial charge in [-0.3, -0.25) is 34.3 Å². The summed E-state index contributed by atoms with van der Waals surface area (Å²) in [6, 6.07) is 9.11. The Morgan fingerprint density at radius 2 is 1.49 bits per heavy atom. The van der Waals surface area contributed by atoms with Crippen LogP contribution in [-0.4, -0.2) is 60.0 Å². The molecule has 0 radical (unpaired) electrons. The molecule has 2 amide bonds. The summed E-state index contributed by atoms with van der Waals surface area (Å²) in [4.78, 5) is 37.3. The van der Waals surface area contributed by atoms with Gasteiger partial charge in [-0.05, 0) is 60.7 Å². The van der Waals surface area contributed by atoms with E-state index in [0.29, 0.717) is 0 Å². The van der Waals surface area contributed by atoms with Crippen molar-refractivity contribution in [3.05, 3.63) is 82.2 Å². The fourth-order valence-electron chi connectivity index (χ4n) is 3.64. The Hall–Kier alpha value is -4.88. The van der Waals surface area contributed by atoms with Crippen molar-refractivity contribution in [1.82, 2.24) is 9.78 Å². The quantitative estimate of drug-likeness (QED) is 0.121. The number of rotatable bonds is 9. The summed E-state index contributed by atoms with van der Waals surface area (Å²) in [5.41, 5.74) is 9.70. The molecule has 214 valence electrons. The van der Waals surface area contributed by atoms with E-state index in [1.54, 1.807) is 0 Å². The average Bonchev–Trinajstić information content (AvgIpc) is 3.40. The molecule has 7 N–H and O–H groups in total. The lowest BCUT2D eigenvalue weighted by atomic mass is 10.1. The van der Waals surface area contributed by atoms with Crippen molar-refractivity contribution in [1.29, 1.82) is 0 Å². The molecule has 16 nitrogen and oxygen atoms in total. The van der Waals surface area contributed by atoms with Crippen LogP contribution in [0.5, 0.6) is 5.88 Å². The lowest BCUT2D eigenvalue weighted by molar-refractivity contribution is -0.115. The molecular formula is C23H20N6O10S2. The van der Waals surface area contributed by atoms with E-state index < -0.39 is 48.2 Å². The monoisotopic (exact) mass is 604 g/mol. The summed E-state index contributed by atoms with van der Waals surface area (Å²) in [6.07, 6.45) is 3.66. The summed E-state index contributed by atoms with van der Waals surface area (Å²) >= 11 is 0. The SMILES string of the molecule is NCOc1[nH]n(-c2ccc(S(=O)(=O)O)cc2)c(=O)c1C=CC=C1C(=O)N(c2ccc(S(=O)(=O)O)cc2)N=C1C(N)=O. The van der Waals surface area contributed by atoms with Gasteiger partial charge in [-0.1, -0.05) is 6.08 Å². The molecule has 3 aromatic rings. The highest BCUT2D eigenvalue weighted by molar-refractivity contribution is 7.86. The third kappa shape index (κ3) is 6.00. The molecule has 1 aromatic heterocycles. The van der Waals surface area contributed by atoms with Gasteiger partial charge in [0, 0.05) is 0 Å². The third-order valence-electron chi connectivity index (χ3n) is 5.53. The van der Waals surface area contributed by atoms with Gasteiger partial charge < -0.3 is 10.5 Å². The molecule has 0 aliphatic carbocycles. The number of aromatic amines is 1. The fourth-order valence-corrected chi connectivity index (χ4v) is 4.60. The third-order valence-corrected chi connectivity index (χ3v) is 7.26. The van der Waals surface area contributed by atoms with E-state index in [0.717, 1.165) is 34.0 Å². The minimum absolute atomic E-state index is 0.0631. The maximum atomic E-state index is 13.1. The number of anilines is 1. The Bertz CT molecular complexity index is 1900. The Kier molecular flexibility index (Phi) is 7.77. The summed E-state index contributed by atoms with van der Waals surface area (Å²) in [7, 11) is -8.93. The number of hydrogen-bond acceptors (Lipinski definition) is 10. The molecule has 0 atom stereocenters. The fraction of sp³-hybridized carbons (Fsp3) is 0.0435. The number of hydrogen-bond donors (Lipinski definition) is 5. The number of H-pyrrole nitrogens is 1. The number of carbonyl (C=O) groups is 2. The van der Waals surface area contributed by atoms with E-state index in [1.165, 1.54) is 42.5 Å². The first-order valence-electron chi connectivity index (χ1n) is 11.2. The molecule has 0 bridgehead atoms. The number of carbonyl (C=O) groups excluding carboxylic acids is 2. The standard InChI is InChI=1S/C23H20N6O10S2/c24-12-39-21-18(23(32)29(27-21)14-6-10-16(11-7-14)41(36,37)38)3-1-2-17-19(20(25)30)26-28(22(17)31)13-4-8-15(9-5-13)40(33,34)35/h1-11,27H,12,24H2,(H2,25,30)(H,33,34,35)(H,36,37,38). The molecular weight excluding hydrogens is 584 g/mol. The summed E-state index contributed by atoms with van der Waals surface area (Å²) in [6.45, 7) is -0.328. The van der Waals surface area contributed by atoms with E-state index in [2.05, 4.69) is 10.2 Å². The van der Waals surface area contributed by atoms with Gasteiger partial charge in [-0.25, -0.2) is 4.68 Å². The van der Waals surface area contributed by atoms with Crippen LogP contribution in [0.2, 0.25) is 0 Å². The van der Waals surface area contributed by atoms with Crippen molar-refractivity contribution in [2.24, 2.45) is 16.6 Å². The van der Waals surface area contributed by atoms with Crippen molar-refractivity contribution in [2.75, 3.05) is 11.7 Å². The summed E-state index contributed by atoms with van der Waals surface area (Å²) < 4.78 is 69.7. The van der Waals surface area contributed by atoms with Crippen LogP contribution in [0.25, 0.3) is 11.8 Å². The normalized spacial score (nSPS) is 15.1. The minimum Gasteiger partial charge on any atom is -0.462 e. The second-order valence-electron chi connectivity index (χ2n) is 8.11. The zero-order valence-corrected chi connectivity index (χ0v) is 22.2. The molecule has 2 heterocycles. The number of benzene rings is 2. The first kappa shape index (κ1) is 29.1. The summed E-state index contributed by atoms with van der Waals surface area (Å²) in [5, 5.41) is 7.38. The van der Waals surface area contributed by atoms with Gasteiger partial charge in [0.2, 0.25) is 5.88 Å². The Labute approximate surface area is 231 Å². The Balaban J connectivity index is 1.67. The van der Waals surface area contributed by atoms with Crippen molar-refractivity contribution in [3.8, 4) is 11.6 Å². The van der Waals surface area contributed by atoms with Gasteiger partial charge in [0.1, 0.15) is 12.3 Å². The lowest BCUT2D eigenvalue weighted by Gasteiger charge is -2.11. The molecule has 2 aromatic carbocycles. The van der Waals surface area contributed by atoms with E-state index in [4.69, 9.17) is 25.3 Å². The predicted molar refractivity (Wildman–Crippen MR) is 143 cm³/mol. The Morgan fingerprint density at radius 3 is 1.98 bits per heavy atom. The maximum Gasteiger partial charge on any atom is 0.294 e. The number of ether oxygens (including phenoxy) is 1. The van der Waals surface area contributed by atoms with Gasteiger partial charge in [-0.2, -0.15) is 26.9 Å². The van der Waals surface area contributed by atoms with Crippen LogP contribution in [0, 0.1) is 0 Å². The zero-order valence-electron chi connectivity index (χ0n) is 20.5. The zero-order chi connectivity index (χ0) is 30.1. The van der Waals surface area contributed by atoms with Crippen molar-refractivity contribution in [2.45, 2.75) is 9.79 Å². The largest absolute Gasteiger partial charge is 0.462 e. The minimum atomic E-state index is -4.48. The molecule has 41 heavy (non-hydrogen) atoms. The predicted octanol–water partition coefficient (Wildman–Crippen LogP) is -0.218. The van der Waals surface area contributed by atoms with Crippen LogP contribution >= 0.6 is 0 Å². The molecule has 1 aliphatic heterocycles. The van der Waals surface area contributed by atoms with Crippen molar-refractivity contribution in [3.63, 3.8) is 0 Å². The highest BCUT2D eigenvalue weighted by atomic mass is 32.2. The number of amides is 2. The van der Waals surface area contributed by atoms with Crippen LogP contribution in [0.1, 0.15) is 5.56 Å². The molecule has 0 saturated carbocycles. The van der Waals surface area contributed by atoms with Gasteiger partial charge >= 0.3 is 0 Å². The topological polar surface area (TPSA) is 258 Å². The molecule has 1 aliphatic rings.